The van der Waals surface area contributed by atoms with Crippen molar-refractivity contribution in [3.05, 3.63) is 109 Å². The highest BCUT2D eigenvalue weighted by molar-refractivity contribution is 5.72. The van der Waals surface area contributed by atoms with E-state index in [1.165, 1.54) is 135 Å². The molecule has 6 nitrogen and oxygen atoms in total. The van der Waals surface area contributed by atoms with Crippen LogP contribution < -0.4 is 0 Å². The van der Waals surface area contributed by atoms with Gasteiger partial charge in [-0.25, -0.2) is 0 Å². The predicted molar refractivity (Wildman–Crippen MR) is 311 cm³/mol. The Morgan fingerprint density at radius 1 is 0.306 bits per heavy atom. The van der Waals surface area contributed by atoms with Crippen LogP contribution in [-0.2, 0) is 28.6 Å². The van der Waals surface area contributed by atoms with Crippen LogP contribution in [-0.4, -0.2) is 37.2 Å². The minimum atomic E-state index is -0.831. The van der Waals surface area contributed by atoms with Crippen molar-refractivity contribution >= 4 is 17.9 Å². The Morgan fingerprint density at radius 3 is 0.917 bits per heavy atom. The molecule has 1 atom stereocenters. The SMILES string of the molecule is CC/C=C\C/C=C\C/C=C\C/C=C\C/C=C\CC(=O)OC(COC(=O)CCCCCCCCCCCCCC)COC(=O)CCCCCCCCCCCCCCCC/C=C\C/C=C\C/C=C\C/C=C\CC. The van der Waals surface area contributed by atoms with Crippen LogP contribution in [0.15, 0.2) is 109 Å². The highest BCUT2D eigenvalue weighted by atomic mass is 16.6. The van der Waals surface area contributed by atoms with Gasteiger partial charge in [0.2, 0.25) is 0 Å². The summed E-state index contributed by atoms with van der Waals surface area (Å²) < 4.78 is 16.8. The van der Waals surface area contributed by atoms with Crippen molar-refractivity contribution in [2.45, 2.75) is 277 Å². The van der Waals surface area contributed by atoms with Crippen molar-refractivity contribution in [2.75, 3.05) is 13.2 Å². The van der Waals surface area contributed by atoms with Gasteiger partial charge in [0.05, 0.1) is 6.42 Å². The van der Waals surface area contributed by atoms with Gasteiger partial charge in [0.25, 0.3) is 0 Å². The molecule has 0 fully saturated rings. The van der Waals surface area contributed by atoms with E-state index in [1.807, 2.05) is 6.08 Å². The van der Waals surface area contributed by atoms with E-state index in [1.54, 1.807) is 6.08 Å². The van der Waals surface area contributed by atoms with E-state index >= 15 is 0 Å². The van der Waals surface area contributed by atoms with Crippen molar-refractivity contribution in [1.29, 1.82) is 0 Å². The number of allylic oxidation sites excluding steroid dienone is 17. The normalized spacial score (nSPS) is 12.9. The number of hydrogen-bond donors (Lipinski definition) is 0. The molecule has 0 rings (SSSR count). The summed E-state index contributed by atoms with van der Waals surface area (Å²) in [6.07, 6.45) is 81.2. The fourth-order valence-corrected chi connectivity index (χ4v) is 8.16. The first-order valence-corrected chi connectivity index (χ1v) is 29.9. The average Bonchev–Trinajstić information content (AvgIpc) is 3.38. The molecule has 0 saturated heterocycles. The van der Waals surface area contributed by atoms with Crippen LogP contribution >= 0.6 is 0 Å². The molecule has 0 saturated carbocycles. The van der Waals surface area contributed by atoms with Gasteiger partial charge in [0.1, 0.15) is 13.2 Å². The van der Waals surface area contributed by atoms with Gasteiger partial charge in [-0.05, 0) is 83.5 Å². The third-order valence-electron chi connectivity index (χ3n) is 12.6. The third-order valence-corrected chi connectivity index (χ3v) is 12.6. The number of hydrogen-bond acceptors (Lipinski definition) is 6. The molecule has 0 spiro atoms. The van der Waals surface area contributed by atoms with Crippen LogP contribution in [0.2, 0.25) is 0 Å². The summed E-state index contributed by atoms with van der Waals surface area (Å²) >= 11 is 0. The minimum Gasteiger partial charge on any atom is -0.462 e. The summed E-state index contributed by atoms with van der Waals surface area (Å²) in [7, 11) is 0. The Kier molecular flexibility index (Phi) is 56.4. The number of carbonyl (C=O) groups excluding carboxylic acids is 3. The van der Waals surface area contributed by atoms with Gasteiger partial charge in [-0.15, -0.1) is 0 Å². The first kappa shape index (κ1) is 68.1. The number of unbranched alkanes of at least 4 members (excludes halogenated alkanes) is 25. The van der Waals surface area contributed by atoms with Crippen LogP contribution in [0.4, 0.5) is 0 Å². The van der Waals surface area contributed by atoms with Gasteiger partial charge in [-0.3, -0.25) is 14.4 Å². The Bertz CT molecular complexity index is 1470. The molecule has 0 aliphatic rings. The molecule has 0 aliphatic heterocycles. The van der Waals surface area contributed by atoms with E-state index in [4.69, 9.17) is 14.2 Å². The molecule has 0 radical (unpaired) electrons. The smallest absolute Gasteiger partial charge is 0.310 e. The van der Waals surface area contributed by atoms with Crippen LogP contribution in [0.1, 0.15) is 271 Å². The Labute approximate surface area is 444 Å². The van der Waals surface area contributed by atoms with Gasteiger partial charge in [-0.1, -0.05) is 278 Å². The molecular weight excluding hydrogens is 889 g/mol. The largest absolute Gasteiger partial charge is 0.462 e. The molecule has 6 heteroatoms. The van der Waals surface area contributed by atoms with Crippen LogP contribution in [0.25, 0.3) is 0 Å². The average molecular weight is 1000 g/mol. The zero-order valence-corrected chi connectivity index (χ0v) is 46.9. The topological polar surface area (TPSA) is 78.9 Å². The van der Waals surface area contributed by atoms with Crippen molar-refractivity contribution in [3.63, 3.8) is 0 Å². The summed E-state index contributed by atoms with van der Waals surface area (Å²) in [6.45, 7) is 6.34. The second-order valence-corrected chi connectivity index (χ2v) is 19.5. The van der Waals surface area contributed by atoms with Gasteiger partial charge >= 0.3 is 17.9 Å². The molecule has 0 aromatic rings. The molecule has 72 heavy (non-hydrogen) atoms. The zero-order chi connectivity index (χ0) is 52.2. The van der Waals surface area contributed by atoms with Gasteiger partial charge in [-0.2, -0.15) is 0 Å². The molecule has 0 bridgehead atoms. The zero-order valence-electron chi connectivity index (χ0n) is 46.9. The quantitative estimate of drug-likeness (QED) is 0.0261. The number of esters is 3. The predicted octanol–water partition coefficient (Wildman–Crippen LogP) is 20.3. The molecule has 0 amide bonds. The highest BCUT2D eigenvalue weighted by Crippen LogP contribution is 2.16. The van der Waals surface area contributed by atoms with E-state index in [0.717, 1.165) is 96.3 Å². The summed E-state index contributed by atoms with van der Waals surface area (Å²) in [5.41, 5.74) is 0. The Hall–Kier alpha value is -3.93. The van der Waals surface area contributed by atoms with Crippen molar-refractivity contribution in [1.82, 2.24) is 0 Å². The van der Waals surface area contributed by atoms with Crippen LogP contribution in [0.5, 0.6) is 0 Å². The van der Waals surface area contributed by atoms with E-state index < -0.39 is 12.1 Å². The molecule has 410 valence electrons. The fourth-order valence-electron chi connectivity index (χ4n) is 8.16. The molecule has 0 heterocycles. The lowest BCUT2D eigenvalue weighted by atomic mass is 10.0. The van der Waals surface area contributed by atoms with Crippen LogP contribution in [0.3, 0.4) is 0 Å². The first-order chi connectivity index (χ1) is 35.5. The third kappa shape index (κ3) is 57.0. The van der Waals surface area contributed by atoms with Gasteiger partial charge < -0.3 is 14.2 Å². The fraction of sp³-hybridized carbons (Fsp3) is 0.682. The lowest BCUT2D eigenvalue weighted by Crippen LogP contribution is -2.30. The van der Waals surface area contributed by atoms with Crippen molar-refractivity contribution < 1.29 is 28.6 Å². The second kappa shape index (κ2) is 59.6. The maximum atomic E-state index is 12.8. The van der Waals surface area contributed by atoms with Crippen molar-refractivity contribution in [3.8, 4) is 0 Å². The molecule has 0 aromatic heterocycles. The van der Waals surface area contributed by atoms with E-state index in [0.29, 0.717) is 12.8 Å². The van der Waals surface area contributed by atoms with Gasteiger partial charge in [0, 0.05) is 12.8 Å². The number of rotatable bonds is 53. The summed E-state index contributed by atoms with van der Waals surface area (Å²) in [5.74, 6) is -1.04. The van der Waals surface area contributed by atoms with Crippen molar-refractivity contribution in [2.24, 2.45) is 0 Å². The molecule has 1 unspecified atom stereocenters. The lowest BCUT2D eigenvalue weighted by Gasteiger charge is -2.18. The maximum Gasteiger partial charge on any atom is 0.310 e. The minimum absolute atomic E-state index is 0.0966. The monoisotopic (exact) mass is 999 g/mol. The van der Waals surface area contributed by atoms with E-state index in [2.05, 4.69) is 118 Å². The molecular formula is C66H110O6. The molecule has 0 aliphatic carbocycles. The van der Waals surface area contributed by atoms with E-state index in [9.17, 15) is 14.4 Å². The summed E-state index contributed by atoms with van der Waals surface area (Å²) in [5, 5.41) is 0. The molecule has 0 N–H and O–H groups in total. The lowest BCUT2D eigenvalue weighted by molar-refractivity contribution is -0.166. The Morgan fingerprint density at radius 2 is 0.583 bits per heavy atom. The van der Waals surface area contributed by atoms with Crippen LogP contribution in [0, 0.1) is 0 Å². The maximum absolute atomic E-state index is 12.8. The standard InChI is InChI=1S/C66H110O6/c1-4-7-10-13-16-19-22-25-27-28-29-30-31-32-33-34-35-36-37-38-40-41-44-47-50-53-56-59-65(68)71-62-63(61-70-64(67)58-55-52-49-46-43-24-21-18-15-12-9-6-3)72-66(69)60-57-54-51-48-45-42-39-26-23-20-17-14-11-8-5-2/h7-8,10-11,16-17,19-20,25-27,29-30,39,45,48,54,57,63H,4-6,9,12-15,18,21-24,28,31-38,40-44,46-47,49-53,55-56,58-62H2,1-3H3/b10-7-,11-8-,19-16-,20-17-,27-25-,30-29-,39-26-,48-45-,57-54-. The van der Waals surface area contributed by atoms with Gasteiger partial charge in [0.15, 0.2) is 6.10 Å². The highest BCUT2D eigenvalue weighted by Gasteiger charge is 2.19. The number of ether oxygens (including phenoxy) is 3. The molecule has 0 aromatic carbocycles. The first-order valence-electron chi connectivity index (χ1n) is 29.9. The number of carbonyl (C=O) groups is 3. The van der Waals surface area contributed by atoms with E-state index in [-0.39, 0.29) is 31.6 Å². The Balaban J connectivity index is 4.31. The second-order valence-electron chi connectivity index (χ2n) is 19.5. The summed E-state index contributed by atoms with van der Waals surface area (Å²) in [4.78, 5) is 38.1. The summed E-state index contributed by atoms with van der Waals surface area (Å²) in [6, 6.07) is 0.